The van der Waals surface area contributed by atoms with Crippen molar-refractivity contribution < 1.29 is 29.0 Å². The van der Waals surface area contributed by atoms with Crippen molar-refractivity contribution in [1.29, 1.82) is 0 Å². The van der Waals surface area contributed by atoms with Gasteiger partial charge in [-0.2, -0.15) is 0 Å². The molecule has 200 valence electrons. The largest absolute Gasteiger partial charge is 0.496 e. The Morgan fingerprint density at radius 2 is 1.45 bits per heavy atom. The van der Waals surface area contributed by atoms with Crippen molar-refractivity contribution >= 4 is 17.8 Å². The number of carboxylic acids is 1. The SMILES string of the molecule is COc1cc(C(=O)N(C(=O)CNCCCc2ccccc2)C(Cc2ccccc2)C(=O)O)cc(OC)c1C. The molecule has 8 nitrogen and oxygen atoms in total. The van der Waals surface area contributed by atoms with Crippen LogP contribution < -0.4 is 14.8 Å². The van der Waals surface area contributed by atoms with Crippen molar-refractivity contribution in [3.8, 4) is 11.5 Å². The average molecular weight is 519 g/mol. The van der Waals surface area contributed by atoms with Crippen molar-refractivity contribution in [2.45, 2.75) is 32.2 Å². The number of aliphatic carboxylic acids is 1. The first-order chi connectivity index (χ1) is 18.3. The fraction of sp³-hybridized carbons (Fsp3) is 0.300. The van der Waals surface area contributed by atoms with E-state index in [0.717, 1.165) is 17.7 Å². The molecule has 1 unspecified atom stereocenters. The Balaban J connectivity index is 1.84. The van der Waals surface area contributed by atoms with E-state index in [1.165, 1.54) is 31.9 Å². The van der Waals surface area contributed by atoms with Gasteiger partial charge in [-0.25, -0.2) is 4.79 Å². The first kappa shape index (κ1) is 28.4. The topological polar surface area (TPSA) is 105 Å². The first-order valence-corrected chi connectivity index (χ1v) is 12.5. The standard InChI is InChI=1S/C30H34N2O6/c1-21-26(37-2)18-24(19-27(21)38-3)29(34)32(25(30(35)36)17-23-13-8-5-9-14-23)28(33)20-31-16-10-15-22-11-6-4-7-12-22/h4-9,11-14,18-19,25,31H,10,15-17,20H2,1-3H3,(H,35,36). The number of ether oxygens (including phenoxy) is 2. The summed E-state index contributed by atoms with van der Waals surface area (Å²) in [6.45, 7) is 2.13. The minimum absolute atomic E-state index is 0.0260. The summed E-state index contributed by atoms with van der Waals surface area (Å²) in [6.07, 6.45) is 1.59. The van der Waals surface area contributed by atoms with E-state index in [2.05, 4.69) is 5.32 Å². The Labute approximate surface area is 223 Å². The number of carbonyl (C=O) groups is 3. The number of nitrogens with zero attached hydrogens (tertiary/aromatic N) is 1. The van der Waals surface area contributed by atoms with Crippen LogP contribution in [0, 0.1) is 6.92 Å². The van der Waals surface area contributed by atoms with Crippen LogP contribution in [-0.2, 0) is 22.4 Å². The van der Waals surface area contributed by atoms with Gasteiger partial charge < -0.3 is 19.9 Å². The maximum Gasteiger partial charge on any atom is 0.327 e. The molecule has 0 aromatic heterocycles. The molecule has 8 heteroatoms. The molecule has 0 fully saturated rings. The third-order valence-corrected chi connectivity index (χ3v) is 6.29. The smallest absolute Gasteiger partial charge is 0.327 e. The van der Waals surface area contributed by atoms with E-state index in [4.69, 9.17) is 9.47 Å². The summed E-state index contributed by atoms with van der Waals surface area (Å²) in [5.74, 6) is -1.84. The second kappa shape index (κ2) is 13.9. The molecule has 2 amide bonds. The number of nitrogens with one attached hydrogen (secondary N) is 1. The van der Waals surface area contributed by atoms with Gasteiger partial charge in [0.1, 0.15) is 17.5 Å². The number of hydrogen-bond acceptors (Lipinski definition) is 6. The van der Waals surface area contributed by atoms with Crippen LogP contribution >= 0.6 is 0 Å². The highest BCUT2D eigenvalue weighted by atomic mass is 16.5. The highest BCUT2D eigenvalue weighted by Crippen LogP contribution is 2.30. The molecule has 0 saturated carbocycles. The Morgan fingerprint density at radius 1 is 0.895 bits per heavy atom. The number of rotatable bonds is 13. The molecule has 2 N–H and O–H groups in total. The zero-order valence-electron chi connectivity index (χ0n) is 22.0. The number of aryl methyl sites for hydroxylation is 1. The molecule has 0 aliphatic heterocycles. The second-order valence-corrected chi connectivity index (χ2v) is 8.88. The summed E-state index contributed by atoms with van der Waals surface area (Å²) in [6, 6.07) is 20.5. The van der Waals surface area contributed by atoms with Gasteiger partial charge in [0.05, 0.1) is 20.8 Å². The van der Waals surface area contributed by atoms with Crippen LogP contribution in [-0.4, -0.2) is 61.1 Å². The van der Waals surface area contributed by atoms with E-state index in [-0.39, 0.29) is 18.5 Å². The highest BCUT2D eigenvalue weighted by molar-refractivity contribution is 6.08. The summed E-state index contributed by atoms with van der Waals surface area (Å²) < 4.78 is 10.8. The lowest BCUT2D eigenvalue weighted by Gasteiger charge is -2.28. The number of methoxy groups -OCH3 is 2. The van der Waals surface area contributed by atoms with Gasteiger partial charge in [0.2, 0.25) is 5.91 Å². The third kappa shape index (κ3) is 7.43. The number of hydrogen-bond donors (Lipinski definition) is 2. The van der Waals surface area contributed by atoms with Gasteiger partial charge in [-0.3, -0.25) is 14.5 Å². The molecule has 0 aliphatic carbocycles. The van der Waals surface area contributed by atoms with Gasteiger partial charge in [0.25, 0.3) is 5.91 Å². The monoisotopic (exact) mass is 518 g/mol. The number of imide groups is 1. The number of carbonyl (C=O) groups excluding carboxylic acids is 2. The predicted molar refractivity (Wildman–Crippen MR) is 145 cm³/mol. The maximum atomic E-state index is 13.7. The third-order valence-electron chi connectivity index (χ3n) is 6.29. The molecule has 0 radical (unpaired) electrons. The van der Waals surface area contributed by atoms with Gasteiger partial charge in [0, 0.05) is 17.5 Å². The van der Waals surface area contributed by atoms with Crippen LogP contribution in [0.1, 0.15) is 33.5 Å². The fourth-order valence-corrected chi connectivity index (χ4v) is 4.25. The molecular weight excluding hydrogens is 484 g/mol. The highest BCUT2D eigenvalue weighted by Gasteiger charge is 2.36. The maximum absolute atomic E-state index is 13.7. The molecular formula is C30H34N2O6. The lowest BCUT2D eigenvalue weighted by atomic mass is 10.0. The van der Waals surface area contributed by atoms with E-state index in [1.807, 2.05) is 36.4 Å². The molecule has 3 aromatic rings. The Hall–Kier alpha value is -4.17. The van der Waals surface area contributed by atoms with E-state index in [0.29, 0.717) is 29.2 Å². The van der Waals surface area contributed by atoms with Crippen LogP contribution in [0.2, 0.25) is 0 Å². The first-order valence-electron chi connectivity index (χ1n) is 12.5. The molecule has 38 heavy (non-hydrogen) atoms. The summed E-state index contributed by atoms with van der Waals surface area (Å²) in [7, 11) is 2.93. The summed E-state index contributed by atoms with van der Waals surface area (Å²) in [5, 5.41) is 13.2. The van der Waals surface area contributed by atoms with Crippen LogP contribution in [0.15, 0.2) is 72.8 Å². The van der Waals surface area contributed by atoms with Gasteiger partial charge >= 0.3 is 5.97 Å². The second-order valence-electron chi connectivity index (χ2n) is 8.88. The Morgan fingerprint density at radius 3 is 1.97 bits per heavy atom. The van der Waals surface area contributed by atoms with Crippen LogP contribution in [0.25, 0.3) is 0 Å². The summed E-state index contributed by atoms with van der Waals surface area (Å²) in [4.78, 5) is 40.4. The van der Waals surface area contributed by atoms with E-state index >= 15 is 0 Å². The van der Waals surface area contributed by atoms with Gasteiger partial charge in [-0.15, -0.1) is 0 Å². The van der Waals surface area contributed by atoms with Crippen molar-refractivity contribution in [3.63, 3.8) is 0 Å². The molecule has 3 aromatic carbocycles. The van der Waals surface area contributed by atoms with E-state index < -0.39 is 23.8 Å². The Kier molecular flexibility index (Phi) is 10.4. The van der Waals surface area contributed by atoms with E-state index in [1.54, 1.807) is 31.2 Å². The lowest BCUT2D eigenvalue weighted by molar-refractivity contribution is -0.147. The predicted octanol–water partition coefficient (Wildman–Crippen LogP) is 3.90. The summed E-state index contributed by atoms with van der Waals surface area (Å²) >= 11 is 0. The molecule has 0 bridgehead atoms. The van der Waals surface area contributed by atoms with Crippen molar-refractivity contribution in [1.82, 2.24) is 10.2 Å². The molecule has 1 atom stereocenters. The normalized spacial score (nSPS) is 11.4. The van der Waals surface area contributed by atoms with Crippen LogP contribution in [0.5, 0.6) is 11.5 Å². The van der Waals surface area contributed by atoms with Crippen molar-refractivity contribution in [2.75, 3.05) is 27.3 Å². The van der Waals surface area contributed by atoms with E-state index in [9.17, 15) is 19.5 Å². The van der Waals surface area contributed by atoms with Crippen LogP contribution in [0.4, 0.5) is 0 Å². The van der Waals surface area contributed by atoms with Gasteiger partial charge in [-0.1, -0.05) is 60.7 Å². The summed E-state index contributed by atoms with van der Waals surface area (Å²) in [5.41, 5.74) is 2.67. The zero-order valence-corrected chi connectivity index (χ0v) is 22.0. The fourth-order valence-electron chi connectivity index (χ4n) is 4.25. The van der Waals surface area contributed by atoms with Gasteiger partial charge in [0.15, 0.2) is 0 Å². The molecule has 0 saturated heterocycles. The minimum Gasteiger partial charge on any atom is -0.496 e. The zero-order chi connectivity index (χ0) is 27.5. The van der Waals surface area contributed by atoms with Crippen molar-refractivity contribution in [3.05, 3.63) is 95.1 Å². The number of benzene rings is 3. The lowest BCUT2D eigenvalue weighted by Crippen LogP contribution is -2.52. The average Bonchev–Trinajstić information content (AvgIpc) is 2.93. The van der Waals surface area contributed by atoms with Gasteiger partial charge in [-0.05, 0) is 49.6 Å². The number of carboxylic acid groups (broad SMARTS) is 1. The van der Waals surface area contributed by atoms with Crippen LogP contribution in [0.3, 0.4) is 0 Å². The molecule has 0 spiro atoms. The quantitative estimate of drug-likeness (QED) is 0.331. The molecule has 0 aliphatic rings. The van der Waals surface area contributed by atoms with Crippen molar-refractivity contribution in [2.24, 2.45) is 0 Å². The minimum atomic E-state index is -1.40. The number of amides is 2. The Bertz CT molecular complexity index is 1210. The molecule has 0 heterocycles. The molecule has 3 rings (SSSR count).